The maximum Gasteiger partial charge on any atom is 0.338 e. The Hall–Kier alpha value is -3.55. The number of urea groups is 1. The second-order valence-electron chi connectivity index (χ2n) is 11.4. The zero-order chi connectivity index (χ0) is 30.2. The van der Waals surface area contributed by atoms with Crippen LogP contribution in [0.4, 0.5) is 9.18 Å². The van der Waals surface area contributed by atoms with E-state index in [0.717, 1.165) is 0 Å². The minimum absolute atomic E-state index is 0.0358. The van der Waals surface area contributed by atoms with Gasteiger partial charge in [0.1, 0.15) is 11.9 Å². The summed E-state index contributed by atoms with van der Waals surface area (Å²) in [4.78, 5) is 52.5. The molecule has 0 unspecified atom stereocenters. The minimum atomic E-state index is -0.897. The third-order valence-electron chi connectivity index (χ3n) is 7.57. The van der Waals surface area contributed by atoms with Gasteiger partial charge < -0.3 is 25.0 Å². The lowest BCUT2D eigenvalue weighted by Crippen LogP contribution is -2.53. The molecule has 2 saturated heterocycles. The fourth-order valence-corrected chi connectivity index (χ4v) is 6.65. The van der Waals surface area contributed by atoms with Crippen molar-refractivity contribution in [3.63, 3.8) is 0 Å². The number of nitrogens with zero attached hydrogens (tertiary/aromatic N) is 5. The number of ether oxygens (including phenoxy) is 1. The number of carbonyl (C=O) groups is 3. The lowest BCUT2D eigenvalue weighted by Gasteiger charge is -2.38. The van der Waals surface area contributed by atoms with E-state index in [9.17, 15) is 23.9 Å². The summed E-state index contributed by atoms with van der Waals surface area (Å²) >= 11 is 7.83. The molecule has 2 aromatic rings. The van der Waals surface area contributed by atoms with Crippen molar-refractivity contribution in [2.24, 2.45) is 10.4 Å². The number of halogens is 2. The van der Waals surface area contributed by atoms with E-state index < -0.39 is 29.2 Å². The number of piperazine rings is 1. The number of carboxylic acids is 1. The first-order valence-corrected chi connectivity index (χ1v) is 14.7. The van der Waals surface area contributed by atoms with Crippen molar-refractivity contribution in [2.45, 2.75) is 32.4 Å². The van der Waals surface area contributed by atoms with Gasteiger partial charge in [0, 0.05) is 67.1 Å². The van der Waals surface area contributed by atoms with E-state index in [1.165, 1.54) is 36.6 Å². The molecule has 3 aliphatic heterocycles. The summed E-state index contributed by atoms with van der Waals surface area (Å²) in [6, 6.07) is 2.93. The standard InChI is InChI=1S/C28H32ClFN6O5S/c1-28(2,11-21(37)38)15-35-13-17-12-34(7-8-36(17)27(35)40)14-20-22(26(39)41-3)23(18-5-4-16(30)10-19(18)29)33-24(32-20)25-31-6-9-42-25/h4-6,9-10,17,23H,7-8,11-15H2,1-3H3,(H,32,33)(H,37,38)/t17-,23-/m0/s1. The smallest absolute Gasteiger partial charge is 0.338 e. The lowest BCUT2D eigenvalue weighted by atomic mass is 9.89. The molecule has 1 aromatic carbocycles. The fourth-order valence-electron chi connectivity index (χ4n) is 5.79. The highest BCUT2D eigenvalue weighted by atomic mass is 35.5. The number of methoxy groups -OCH3 is 1. The van der Waals surface area contributed by atoms with Crippen molar-refractivity contribution in [3.8, 4) is 0 Å². The molecule has 11 nitrogen and oxygen atoms in total. The number of amidine groups is 1. The number of fused-ring (bicyclic) bond motifs is 1. The van der Waals surface area contributed by atoms with Gasteiger partial charge in [-0.25, -0.2) is 19.0 Å². The Bertz CT molecular complexity index is 1450. The van der Waals surface area contributed by atoms with Crippen LogP contribution < -0.4 is 5.32 Å². The zero-order valence-electron chi connectivity index (χ0n) is 23.5. The average molecular weight is 619 g/mol. The van der Waals surface area contributed by atoms with Gasteiger partial charge in [-0.05, 0) is 17.5 Å². The quantitative estimate of drug-likeness (QED) is 0.410. The van der Waals surface area contributed by atoms with Crippen LogP contribution in [0.15, 0.2) is 46.0 Å². The highest BCUT2D eigenvalue weighted by molar-refractivity contribution is 7.11. The molecule has 224 valence electrons. The van der Waals surface area contributed by atoms with Gasteiger partial charge in [0.2, 0.25) is 0 Å². The number of benzene rings is 1. The molecule has 1 aromatic heterocycles. The first-order chi connectivity index (χ1) is 20.0. The van der Waals surface area contributed by atoms with Crippen LogP contribution in [0, 0.1) is 11.2 Å². The maximum atomic E-state index is 13.9. The van der Waals surface area contributed by atoms with E-state index in [2.05, 4.69) is 15.2 Å². The van der Waals surface area contributed by atoms with E-state index >= 15 is 0 Å². The van der Waals surface area contributed by atoms with Crippen molar-refractivity contribution in [3.05, 3.63) is 62.5 Å². The van der Waals surface area contributed by atoms with Crippen molar-refractivity contribution in [2.75, 3.05) is 46.4 Å². The van der Waals surface area contributed by atoms with E-state index in [0.29, 0.717) is 61.4 Å². The van der Waals surface area contributed by atoms with Gasteiger partial charge in [-0.2, -0.15) is 0 Å². The van der Waals surface area contributed by atoms with Crippen LogP contribution in [0.25, 0.3) is 0 Å². The summed E-state index contributed by atoms with van der Waals surface area (Å²) in [6.07, 6.45) is 1.62. The molecule has 5 rings (SSSR count). The van der Waals surface area contributed by atoms with Crippen molar-refractivity contribution < 1.29 is 28.6 Å². The van der Waals surface area contributed by atoms with Crippen LogP contribution in [0.5, 0.6) is 0 Å². The molecule has 0 bridgehead atoms. The summed E-state index contributed by atoms with van der Waals surface area (Å²) in [5.41, 5.74) is 0.708. The molecule has 0 saturated carbocycles. The van der Waals surface area contributed by atoms with Crippen LogP contribution in [0.2, 0.25) is 5.02 Å². The maximum absolute atomic E-state index is 13.9. The molecule has 0 radical (unpaired) electrons. The molecule has 2 atom stereocenters. The Labute approximate surface area is 251 Å². The molecular weight excluding hydrogens is 587 g/mol. The Morgan fingerprint density at radius 2 is 2.07 bits per heavy atom. The number of amides is 2. The predicted octanol–water partition coefficient (Wildman–Crippen LogP) is 3.38. The number of thiazole rings is 1. The normalized spacial score (nSPS) is 21.3. The summed E-state index contributed by atoms with van der Waals surface area (Å²) in [5, 5.41) is 15.1. The Balaban J connectivity index is 1.41. The van der Waals surface area contributed by atoms with Gasteiger partial charge in [-0.1, -0.05) is 31.5 Å². The van der Waals surface area contributed by atoms with Gasteiger partial charge in [0.15, 0.2) is 10.8 Å². The van der Waals surface area contributed by atoms with Crippen molar-refractivity contribution in [1.82, 2.24) is 25.0 Å². The third kappa shape index (κ3) is 6.27. The molecule has 2 fully saturated rings. The summed E-state index contributed by atoms with van der Waals surface area (Å²) in [6.45, 7) is 6.44. The first-order valence-electron chi connectivity index (χ1n) is 13.5. The van der Waals surface area contributed by atoms with Crippen LogP contribution in [0.3, 0.4) is 0 Å². The average Bonchev–Trinajstić information content (AvgIpc) is 3.55. The number of hydrogen-bond acceptors (Lipinski definition) is 9. The van der Waals surface area contributed by atoms with Crippen molar-refractivity contribution in [1.29, 1.82) is 0 Å². The molecule has 4 heterocycles. The number of aliphatic carboxylic acids is 1. The van der Waals surface area contributed by atoms with Gasteiger partial charge in [0.25, 0.3) is 0 Å². The van der Waals surface area contributed by atoms with Gasteiger partial charge in [0.05, 0.1) is 25.1 Å². The Morgan fingerprint density at radius 3 is 2.74 bits per heavy atom. The summed E-state index contributed by atoms with van der Waals surface area (Å²) in [5.74, 6) is -1.54. The molecule has 3 aliphatic rings. The number of carboxylic acid groups (broad SMARTS) is 1. The minimum Gasteiger partial charge on any atom is -0.481 e. The zero-order valence-corrected chi connectivity index (χ0v) is 25.0. The number of esters is 1. The molecule has 14 heteroatoms. The number of aromatic nitrogens is 1. The second kappa shape index (κ2) is 12.0. The number of hydrogen-bond donors (Lipinski definition) is 2. The van der Waals surface area contributed by atoms with Gasteiger partial charge >= 0.3 is 18.0 Å². The first kappa shape index (κ1) is 29.9. The van der Waals surface area contributed by atoms with Gasteiger partial charge in [-0.15, -0.1) is 11.3 Å². The van der Waals surface area contributed by atoms with Crippen LogP contribution in [0.1, 0.15) is 36.9 Å². The number of nitrogens with one attached hydrogen (secondary N) is 1. The Morgan fingerprint density at radius 1 is 1.29 bits per heavy atom. The molecule has 2 N–H and O–H groups in total. The second-order valence-corrected chi connectivity index (χ2v) is 12.7. The number of carbonyl (C=O) groups excluding carboxylic acids is 2. The van der Waals surface area contributed by atoms with E-state index in [1.54, 1.807) is 11.1 Å². The molecule has 42 heavy (non-hydrogen) atoms. The highest BCUT2D eigenvalue weighted by Gasteiger charge is 2.43. The molecule has 0 spiro atoms. The lowest BCUT2D eigenvalue weighted by molar-refractivity contribution is -0.139. The SMILES string of the molecule is COC(=O)C1=C(CN2CCN3C(=O)N(CC(C)(C)CC(=O)O)C[C@@H]3C2)NC(c2nccs2)=N[C@H]1c1ccc(F)cc1Cl. The third-order valence-corrected chi connectivity index (χ3v) is 8.68. The highest BCUT2D eigenvalue weighted by Crippen LogP contribution is 2.37. The van der Waals surface area contributed by atoms with Gasteiger partial charge in [-0.3, -0.25) is 14.7 Å². The van der Waals surface area contributed by atoms with E-state index in [-0.39, 0.29) is 29.1 Å². The predicted molar refractivity (Wildman–Crippen MR) is 155 cm³/mol. The topological polar surface area (TPSA) is 128 Å². The monoisotopic (exact) mass is 618 g/mol. The van der Waals surface area contributed by atoms with Crippen molar-refractivity contribution >= 4 is 46.7 Å². The summed E-state index contributed by atoms with van der Waals surface area (Å²) < 4.78 is 19.1. The van der Waals surface area contributed by atoms with Crippen LogP contribution in [-0.2, 0) is 14.3 Å². The number of rotatable bonds is 9. The van der Waals surface area contributed by atoms with E-state index in [1.807, 2.05) is 24.1 Å². The number of aliphatic imine (C=N–C) groups is 1. The molecule has 0 aliphatic carbocycles. The largest absolute Gasteiger partial charge is 0.481 e. The molecule has 2 amide bonds. The van der Waals surface area contributed by atoms with E-state index in [4.69, 9.17) is 21.3 Å². The van der Waals surface area contributed by atoms with Crippen LogP contribution >= 0.6 is 22.9 Å². The fraction of sp³-hybridized carbons (Fsp3) is 0.464. The summed E-state index contributed by atoms with van der Waals surface area (Å²) in [7, 11) is 1.29. The Kier molecular flexibility index (Phi) is 8.53. The molecular formula is C28H32ClFN6O5S. The van der Waals surface area contributed by atoms with Crippen LogP contribution in [-0.4, -0.2) is 101 Å².